The van der Waals surface area contributed by atoms with Crippen molar-refractivity contribution in [2.75, 3.05) is 12.3 Å². The molecule has 2 amide bonds. The number of hydrogen-bond donors (Lipinski definition) is 2. The molecule has 2 aromatic rings. The van der Waals surface area contributed by atoms with Gasteiger partial charge in [0.1, 0.15) is 17.2 Å². The van der Waals surface area contributed by atoms with E-state index >= 15 is 0 Å². The van der Waals surface area contributed by atoms with Crippen LogP contribution in [0.15, 0.2) is 43.0 Å². The first-order valence-electron chi connectivity index (χ1n) is 8.50. The second-order valence-electron chi connectivity index (χ2n) is 6.13. The molecular formula is C18H22N4O3S. The number of thioether (sulfide) groups is 1. The zero-order valence-corrected chi connectivity index (χ0v) is 15.4. The fraction of sp³-hybridized carbons (Fsp3) is 0.389. The Morgan fingerprint density at radius 2 is 2.19 bits per heavy atom. The van der Waals surface area contributed by atoms with Gasteiger partial charge in [-0.15, -0.1) is 11.8 Å². The van der Waals surface area contributed by atoms with E-state index < -0.39 is 6.04 Å². The Balaban J connectivity index is 1.60. The van der Waals surface area contributed by atoms with E-state index in [0.29, 0.717) is 17.9 Å². The van der Waals surface area contributed by atoms with Crippen LogP contribution in [0.4, 0.5) is 0 Å². The lowest BCUT2D eigenvalue weighted by Crippen LogP contribution is -2.47. The molecular weight excluding hydrogens is 352 g/mol. The van der Waals surface area contributed by atoms with E-state index in [0.717, 1.165) is 13.0 Å². The summed E-state index contributed by atoms with van der Waals surface area (Å²) in [5.74, 6) is 0.307. The van der Waals surface area contributed by atoms with Gasteiger partial charge in [0.25, 0.3) is 0 Å². The van der Waals surface area contributed by atoms with E-state index in [1.807, 2.05) is 16.8 Å². The second kappa shape index (κ2) is 8.27. The summed E-state index contributed by atoms with van der Waals surface area (Å²) in [6.07, 6.45) is 6.12. The van der Waals surface area contributed by atoms with Gasteiger partial charge in [0.05, 0.1) is 6.33 Å². The molecule has 2 atom stereocenters. The highest BCUT2D eigenvalue weighted by molar-refractivity contribution is 7.99. The number of phenolic OH excluding ortho intramolecular Hbond substituents is 1. The van der Waals surface area contributed by atoms with Gasteiger partial charge in [0.15, 0.2) is 0 Å². The van der Waals surface area contributed by atoms with Crippen LogP contribution >= 0.6 is 11.8 Å². The third-order valence-electron chi connectivity index (χ3n) is 4.32. The first kappa shape index (κ1) is 18.3. The molecule has 0 aliphatic carbocycles. The molecule has 2 heterocycles. The van der Waals surface area contributed by atoms with Crippen molar-refractivity contribution >= 4 is 23.6 Å². The monoisotopic (exact) mass is 374 g/mol. The Morgan fingerprint density at radius 1 is 1.38 bits per heavy atom. The number of rotatable bonds is 6. The van der Waals surface area contributed by atoms with Gasteiger partial charge >= 0.3 is 0 Å². The Morgan fingerprint density at radius 3 is 2.88 bits per heavy atom. The minimum atomic E-state index is -0.532. The smallest absolute Gasteiger partial charge is 0.243 e. The van der Waals surface area contributed by atoms with Crippen molar-refractivity contribution in [2.45, 2.75) is 31.3 Å². The van der Waals surface area contributed by atoms with Gasteiger partial charge in [0, 0.05) is 43.7 Å². The van der Waals surface area contributed by atoms with Crippen molar-refractivity contribution in [1.82, 2.24) is 19.8 Å². The molecule has 2 N–H and O–H groups in total. The number of nitrogens with one attached hydrogen (secondary N) is 1. The third kappa shape index (κ3) is 4.01. The number of phenols is 1. The molecule has 1 fully saturated rings. The van der Waals surface area contributed by atoms with E-state index in [2.05, 4.69) is 10.3 Å². The minimum Gasteiger partial charge on any atom is -0.508 e. The molecule has 1 aliphatic rings. The van der Waals surface area contributed by atoms with Gasteiger partial charge in [-0.25, -0.2) is 4.98 Å². The molecule has 0 spiro atoms. The highest BCUT2D eigenvalue weighted by Gasteiger charge is 2.41. The molecule has 0 radical (unpaired) electrons. The third-order valence-corrected chi connectivity index (χ3v) is 5.63. The number of aromatic hydroxyl groups is 1. The number of aryl methyl sites for hydroxylation is 1. The maximum atomic E-state index is 12.6. The highest BCUT2D eigenvalue weighted by Crippen LogP contribution is 2.44. The van der Waals surface area contributed by atoms with Gasteiger partial charge < -0.3 is 19.9 Å². The van der Waals surface area contributed by atoms with Crippen LogP contribution in [0.1, 0.15) is 24.3 Å². The molecule has 1 aromatic heterocycles. The van der Waals surface area contributed by atoms with Gasteiger partial charge in [-0.2, -0.15) is 0 Å². The quantitative estimate of drug-likeness (QED) is 0.753. The maximum absolute atomic E-state index is 12.6. The van der Waals surface area contributed by atoms with E-state index in [4.69, 9.17) is 0 Å². The number of benzene rings is 1. The van der Waals surface area contributed by atoms with Crippen LogP contribution in [0.5, 0.6) is 5.75 Å². The lowest BCUT2D eigenvalue weighted by Gasteiger charge is -2.28. The summed E-state index contributed by atoms with van der Waals surface area (Å²) < 4.78 is 1.95. The molecule has 0 bridgehead atoms. The topological polar surface area (TPSA) is 87.5 Å². The fourth-order valence-electron chi connectivity index (χ4n) is 3.04. The molecule has 1 saturated heterocycles. The highest BCUT2D eigenvalue weighted by atomic mass is 32.2. The summed E-state index contributed by atoms with van der Waals surface area (Å²) in [6, 6.07) is 6.40. The Bertz CT molecular complexity index is 766. The number of carbonyl (C=O) groups excluding carboxylic acids is 2. The number of hydrogen-bond acceptors (Lipinski definition) is 5. The van der Waals surface area contributed by atoms with E-state index in [9.17, 15) is 14.7 Å². The van der Waals surface area contributed by atoms with Gasteiger partial charge in [-0.05, 0) is 12.5 Å². The summed E-state index contributed by atoms with van der Waals surface area (Å²) >= 11 is 1.49. The molecule has 7 nitrogen and oxygen atoms in total. The molecule has 26 heavy (non-hydrogen) atoms. The lowest BCUT2D eigenvalue weighted by molar-refractivity contribution is -0.138. The number of carbonyl (C=O) groups is 2. The Labute approximate surface area is 156 Å². The normalized spacial score (nSPS) is 19.5. The van der Waals surface area contributed by atoms with Crippen molar-refractivity contribution < 1.29 is 14.7 Å². The van der Waals surface area contributed by atoms with Crippen LogP contribution in [-0.4, -0.2) is 49.7 Å². The van der Waals surface area contributed by atoms with Crippen LogP contribution < -0.4 is 5.32 Å². The first-order valence-corrected chi connectivity index (χ1v) is 9.54. The van der Waals surface area contributed by atoms with E-state index in [1.54, 1.807) is 35.6 Å². The lowest BCUT2D eigenvalue weighted by atomic mass is 10.1. The van der Waals surface area contributed by atoms with Crippen molar-refractivity contribution in [3.05, 3.63) is 48.5 Å². The van der Waals surface area contributed by atoms with Crippen molar-refractivity contribution in [2.24, 2.45) is 0 Å². The fourth-order valence-corrected chi connectivity index (χ4v) is 4.55. The predicted molar refractivity (Wildman–Crippen MR) is 99.5 cm³/mol. The zero-order chi connectivity index (χ0) is 18.5. The van der Waals surface area contributed by atoms with E-state index in [-0.39, 0.29) is 22.9 Å². The largest absolute Gasteiger partial charge is 0.508 e. The van der Waals surface area contributed by atoms with Crippen molar-refractivity contribution in [3.63, 3.8) is 0 Å². The summed E-state index contributed by atoms with van der Waals surface area (Å²) in [6.45, 7) is 2.76. The number of para-hydroxylation sites is 1. The van der Waals surface area contributed by atoms with Crippen molar-refractivity contribution in [3.8, 4) is 5.75 Å². The Kier molecular flexibility index (Phi) is 5.82. The number of nitrogens with zero attached hydrogens (tertiary/aromatic N) is 3. The second-order valence-corrected chi connectivity index (χ2v) is 7.24. The maximum Gasteiger partial charge on any atom is 0.243 e. The zero-order valence-electron chi connectivity index (χ0n) is 14.5. The molecule has 138 valence electrons. The van der Waals surface area contributed by atoms with Gasteiger partial charge in [-0.3, -0.25) is 9.59 Å². The SMILES string of the molecule is CC(=O)N1C(C(=O)NCCCn2ccnc2)CSC1c1ccccc1O. The molecule has 0 saturated carbocycles. The van der Waals surface area contributed by atoms with Crippen LogP contribution in [0.25, 0.3) is 0 Å². The average molecular weight is 374 g/mol. The number of aromatic nitrogens is 2. The van der Waals surface area contributed by atoms with E-state index in [1.165, 1.54) is 18.7 Å². The first-order chi connectivity index (χ1) is 12.6. The molecule has 1 aliphatic heterocycles. The molecule has 1 aromatic carbocycles. The Hall–Kier alpha value is -2.48. The molecule has 8 heteroatoms. The van der Waals surface area contributed by atoms with Crippen LogP contribution in [0.2, 0.25) is 0 Å². The summed E-state index contributed by atoms with van der Waals surface area (Å²) in [5.41, 5.74) is 0.656. The summed E-state index contributed by atoms with van der Waals surface area (Å²) in [7, 11) is 0. The summed E-state index contributed by atoms with van der Waals surface area (Å²) in [4.78, 5) is 30.3. The summed E-state index contributed by atoms with van der Waals surface area (Å²) in [5, 5.41) is 12.7. The van der Waals surface area contributed by atoms with Crippen LogP contribution in [0, 0.1) is 0 Å². The number of amides is 2. The van der Waals surface area contributed by atoms with Gasteiger partial charge in [-0.1, -0.05) is 18.2 Å². The molecule has 2 unspecified atom stereocenters. The van der Waals surface area contributed by atoms with Crippen LogP contribution in [0.3, 0.4) is 0 Å². The van der Waals surface area contributed by atoms with Crippen molar-refractivity contribution in [1.29, 1.82) is 0 Å². The molecule has 3 rings (SSSR count). The average Bonchev–Trinajstić information content (AvgIpc) is 3.28. The van der Waals surface area contributed by atoms with Crippen LogP contribution in [-0.2, 0) is 16.1 Å². The minimum absolute atomic E-state index is 0.137. The standard InChI is InChI=1S/C18H22N4O3S/c1-13(23)22-15(11-26-18(22)14-5-2-3-6-16(14)24)17(25)20-7-4-9-21-10-8-19-12-21/h2-3,5-6,8,10,12,15,18,24H,4,7,9,11H2,1H3,(H,20,25). The number of imidazole rings is 1. The predicted octanol–water partition coefficient (Wildman–Crippen LogP) is 1.76. The van der Waals surface area contributed by atoms with Gasteiger partial charge in [0.2, 0.25) is 11.8 Å².